The first kappa shape index (κ1) is 21.7. The summed E-state index contributed by atoms with van der Waals surface area (Å²) in [6, 6.07) is 20.7. The van der Waals surface area contributed by atoms with E-state index < -0.39 is 18.1 Å². The molecule has 1 amide bonds. The van der Waals surface area contributed by atoms with Crippen LogP contribution in [0.2, 0.25) is 5.02 Å². The summed E-state index contributed by atoms with van der Waals surface area (Å²) in [6.45, 7) is 2.05. The van der Waals surface area contributed by atoms with E-state index in [4.69, 9.17) is 25.8 Å². The van der Waals surface area contributed by atoms with Crippen LogP contribution in [-0.2, 0) is 9.53 Å². The van der Waals surface area contributed by atoms with E-state index in [2.05, 4.69) is 0 Å². The van der Waals surface area contributed by atoms with E-state index in [1.165, 1.54) is 0 Å². The van der Waals surface area contributed by atoms with Gasteiger partial charge in [0, 0.05) is 16.3 Å². The fourth-order valence-electron chi connectivity index (χ4n) is 3.71. The molecule has 0 bridgehead atoms. The fraction of sp³-hybridized carbons (Fsp3) is 0.200. The van der Waals surface area contributed by atoms with Crippen molar-refractivity contribution in [3.05, 3.63) is 88.9 Å². The Morgan fingerprint density at radius 1 is 1.00 bits per heavy atom. The van der Waals surface area contributed by atoms with Crippen LogP contribution in [0.5, 0.6) is 11.5 Å². The molecular formula is C25H22ClNO5. The predicted molar refractivity (Wildman–Crippen MR) is 121 cm³/mol. The predicted octanol–water partition coefficient (Wildman–Crippen LogP) is 5.06. The van der Waals surface area contributed by atoms with E-state index in [1.807, 2.05) is 24.3 Å². The van der Waals surface area contributed by atoms with Crippen LogP contribution in [0.1, 0.15) is 28.9 Å². The van der Waals surface area contributed by atoms with Gasteiger partial charge in [0.25, 0.3) is 5.91 Å². The topological polar surface area (TPSA) is 65.1 Å². The Morgan fingerprint density at radius 2 is 1.69 bits per heavy atom. The number of halogens is 1. The van der Waals surface area contributed by atoms with Gasteiger partial charge < -0.3 is 14.2 Å². The van der Waals surface area contributed by atoms with Gasteiger partial charge in [-0.15, -0.1) is 0 Å². The van der Waals surface area contributed by atoms with Gasteiger partial charge in [-0.1, -0.05) is 29.8 Å². The molecule has 0 saturated carbocycles. The zero-order valence-corrected chi connectivity index (χ0v) is 18.4. The van der Waals surface area contributed by atoms with Crippen molar-refractivity contribution in [2.75, 3.05) is 18.6 Å². The fourth-order valence-corrected chi connectivity index (χ4v) is 3.84. The summed E-state index contributed by atoms with van der Waals surface area (Å²) >= 11 is 5.97. The summed E-state index contributed by atoms with van der Waals surface area (Å²) < 4.78 is 16.6. The summed E-state index contributed by atoms with van der Waals surface area (Å²) in [5, 5.41) is 0.585. The summed E-state index contributed by atoms with van der Waals surface area (Å²) in [5.74, 6) is 0.603. The van der Waals surface area contributed by atoms with Gasteiger partial charge in [0.1, 0.15) is 17.5 Å². The third-order valence-corrected chi connectivity index (χ3v) is 5.49. The maximum Gasteiger partial charge on any atom is 0.338 e. The number of hydrogen-bond acceptors (Lipinski definition) is 5. The molecule has 1 aliphatic heterocycles. The van der Waals surface area contributed by atoms with Crippen molar-refractivity contribution in [2.45, 2.75) is 19.1 Å². The average molecular weight is 452 g/mol. The highest BCUT2D eigenvalue weighted by Crippen LogP contribution is 2.44. The van der Waals surface area contributed by atoms with Crippen molar-refractivity contribution < 1.29 is 23.8 Å². The summed E-state index contributed by atoms with van der Waals surface area (Å²) in [7, 11) is 1.59. The molecule has 4 rings (SSSR count). The van der Waals surface area contributed by atoms with Crippen molar-refractivity contribution >= 4 is 29.2 Å². The van der Waals surface area contributed by atoms with Crippen LogP contribution < -0.4 is 14.4 Å². The quantitative estimate of drug-likeness (QED) is 0.371. The number of para-hydroxylation sites is 1. The maximum atomic E-state index is 13.2. The molecule has 1 heterocycles. The molecule has 0 radical (unpaired) electrons. The zero-order chi connectivity index (χ0) is 22.7. The van der Waals surface area contributed by atoms with E-state index >= 15 is 0 Å². The average Bonchev–Trinajstić information content (AvgIpc) is 2.82. The van der Waals surface area contributed by atoms with Crippen LogP contribution in [-0.4, -0.2) is 31.7 Å². The Morgan fingerprint density at radius 3 is 2.34 bits per heavy atom. The van der Waals surface area contributed by atoms with Crippen molar-refractivity contribution in [3.8, 4) is 11.5 Å². The van der Waals surface area contributed by atoms with Crippen LogP contribution in [0.25, 0.3) is 0 Å². The van der Waals surface area contributed by atoms with Crippen molar-refractivity contribution in [1.82, 2.24) is 0 Å². The lowest BCUT2D eigenvalue weighted by Crippen LogP contribution is -2.61. The molecule has 6 nitrogen and oxygen atoms in total. The molecule has 1 fully saturated rings. The summed E-state index contributed by atoms with van der Waals surface area (Å²) in [4.78, 5) is 26.8. The maximum absolute atomic E-state index is 13.2. The molecular weight excluding hydrogens is 430 g/mol. The number of benzene rings is 3. The van der Waals surface area contributed by atoms with Gasteiger partial charge in [-0.2, -0.15) is 0 Å². The Balaban J connectivity index is 1.67. The van der Waals surface area contributed by atoms with Crippen molar-refractivity contribution in [1.29, 1.82) is 0 Å². The Hall–Kier alpha value is -3.51. The van der Waals surface area contributed by atoms with Crippen molar-refractivity contribution in [2.24, 2.45) is 0 Å². The van der Waals surface area contributed by atoms with E-state index in [-0.39, 0.29) is 5.91 Å². The number of methoxy groups -OCH3 is 1. The van der Waals surface area contributed by atoms with E-state index in [9.17, 15) is 9.59 Å². The molecule has 7 heteroatoms. The van der Waals surface area contributed by atoms with Gasteiger partial charge in [-0.25, -0.2) is 4.79 Å². The first-order chi connectivity index (χ1) is 15.5. The summed E-state index contributed by atoms with van der Waals surface area (Å²) in [5.41, 5.74) is 1.89. The number of rotatable bonds is 7. The largest absolute Gasteiger partial charge is 0.496 e. The van der Waals surface area contributed by atoms with Crippen LogP contribution in [0.3, 0.4) is 0 Å². The minimum atomic E-state index is -0.739. The van der Waals surface area contributed by atoms with E-state index in [0.29, 0.717) is 34.4 Å². The van der Waals surface area contributed by atoms with Gasteiger partial charge in [0.15, 0.2) is 0 Å². The SMILES string of the molecule is CCOC(=O)c1ccc(N2C(=O)[C@@H](Oc3ccc(Cl)cc3)[C@@H]2c2ccccc2OC)cc1. The Kier molecular flexibility index (Phi) is 6.32. The number of carbonyl (C=O) groups is 2. The van der Waals surface area contributed by atoms with Crippen molar-refractivity contribution in [3.63, 3.8) is 0 Å². The zero-order valence-electron chi connectivity index (χ0n) is 17.7. The lowest BCUT2D eigenvalue weighted by Gasteiger charge is -2.47. The number of esters is 1. The second-order valence-corrected chi connectivity index (χ2v) is 7.59. The van der Waals surface area contributed by atoms with Gasteiger partial charge >= 0.3 is 5.97 Å². The normalized spacial score (nSPS) is 17.5. The standard InChI is InChI=1S/C25H22ClNO5/c1-3-31-25(29)16-8-12-18(13-9-16)27-22(20-6-4-5-7-21(20)30-2)23(24(27)28)32-19-14-10-17(26)11-15-19/h4-15,22-23H,3H2,1-2H3/t22-,23-/m0/s1. The number of amides is 1. The molecule has 2 atom stereocenters. The number of hydrogen-bond donors (Lipinski definition) is 0. The minimum Gasteiger partial charge on any atom is -0.496 e. The molecule has 164 valence electrons. The van der Waals surface area contributed by atoms with Crippen LogP contribution in [0, 0.1) is 0 Å². The molecule has 0 N–H and O–H groups in total. The number of carbonyl (C=O) groups excluding carboxylic acids is 2. The Bertz CT molecular complexity index is 1110. The van der Waals surface area contributed by atoms with Crippen LogP contribution in [0.4, 0.5) is 5.69 Å². The number of nitrogens with zero attached hydrogens (tertiary/aromatic N) is 1. The molecule has 32 heavy (non-hydrogen) atoms. The van der Waals surface area contributed by atoms with Gasteiger partial charge in [0.05, 0.1) is 19.3 Å². The first-order valence-electron chi connectivity index (χ1n) is 10.2. The van der Waals surface area contributed by atoms with Crippen LogP contribution in [0.15, 0.2) is 72.8 Å². The third-order valence-electron chi connectivity index (χ3n) is 5.24. The van der Waals surface area contributed by atoms with Crippen LogP contribution >= 0.6 is 11.6 Å². The summed E-state index contributed by atoms with van der Waals surface area (Å²) in [6.07, 6.45) is -0.739. The highest BCUT2D eigenvalue weighted by atomic mass is 35.5. The smallest absolute Gasteiger partial charge is 0.338 e. The van der Waals surface area contributed by atoms with E-state index in [1.54, 1.807) is 67.5 Å². The molecule has 0 aromatic heterocycles. The highest BCUT2D eigenvalue weighted by molar-refractivity contribution is 6.30. The molecule has 1 aliphatic rings. The highest BCUT2D eigenvalue weighted by Gasteiger charge is 2.52. The minimum absolute atomic E-state index is 0.195. The van der Waals surface area contributed by atoms with Gasteiger partial charge in [0.2, 0.25) is 6.10 Å². The Labute approximate surface area is 191 Å². The first-order valence-corrected chi connectivity index (χ1v) is 10.6. The van der Waals surface area contributed by atoms with Gasteiger partial charge in [-0.05, 0) is 61.5 Å². The second kappa shape index (κ2) is 9.32. The number of β-lactam (4-membered cyclic amide) rings is 1. The van der Waals surface area contributed by atoms with Gasteiger partial charge in [-0.3, -0.25) is 9.69 Å². The monoisotopic (exact) mass is 451 g/mol. The molecule has 0 unspecified atom stereocenters. The molecule has 3 aromatic rings. The van der Waals surface area contributed by atoms with E-state index in [0.717, 1.165) is 5.56 Å². The molecule has 3 aromatic carbocycles. The molecule has 0 aliphatic carbocycles. The third kappa shape index (κ3) is 4.14. The molecule has 1 saturated heterocycles. The molecule has 0 spiro atoms. The number of anilines is 1. The number of ether oxygens (including phenoxy) is 3. The second-order valence-electron chi connectivity index (χ2n) is 7.15. The lowest BCUT2D eigenvalue weighted by atomic mass is 9.89. The lowest BCUT2D eigenvalue weighted by molar-refractivity contribution is -0.135.